The van der Waals surface area contributed by atoms with E-state index in [1.807, 2.05) is 0 Å². The molecule has 94 valence electrons. The number of aromatic nitrogens is 3. The van der Waals surface area contributed by atoms with E-state index in [1.54, 1.807) is 30.4 Å². The Morgan fingerprint density at radius 1 is 1.61 bits per heavy atom. The Morgan fingerprint density at radius 2 is 2.44 bits per heavy atom. The average molecular weight is 246 g/mol. The van der Waals surface area contributed by atoms with Crippen LogP contribution in [0.25, 0.3) is 0 Å². The van der Waals surface area contributed by atoms with Crippen LogP contribution in [-0.4, -0.2) is 33.2 Å². The number of hydrogen-bond donors (Lipinski definition) is 1. The molecule has 0 bridgehead atoms. The topological polar surface area (TPSA) is 75.0 Å². The van der Waals surface area contributed by atoms with E-state index in [1.165, 1.54) is 0 Å². The van der Waals surface area contributed by atoms with E-state index in [-0.39, 0.29) is 5.91 Å². The van der Waals surface area contributed by atoms with Crippen LogP contribution in [0.15, 0.2) is 23.0 Å². The highest BCUT2D eigenvalue weighted by Crippen LogP contribution is 2.40. The van der Waals surface area contributed by atoms with Crippen molar-refractivity contribution < 1.29 is 9.32 Å². The highest BCUT2D eigenvalue weighted by molar-refractivity contribution is 5.92. The van der Waals surface area contributed by atoms with Crippen molar-refractivity contribution in [3.63, 3.8) is 0 Å². The zero-order valence-corrected chi connectivity index (χ0v) is 10.1. The van der Waals surface area contributed by atoms with E-state index < -0.39 is 0 Å². The Morgan fingerprint density at radius 3 is 3.11 bits per heavy atom. The lowest BCUT2D eigenvalue weighted by Gasteiger charge is -2.13. The molecule has 0 aliphatic heterocycles. The van der Waals surface area contributed by atoms with Crippen molar-refractivity contribution in [1.82, 2.24) is 20.3 Å². The lowest BCUT2D eigenvalue weighted by atomic mass is 10.2. The molecule has 1 saturated carbocycles. The van der Waals surface area contributed by atoms with Gasteiger partial charge >= 0.3 is 0 Å². The van der Waals surface area contributed by atoms with Gasteiger partial charge in [-0.1, -0.05) is 5.16 Å². The quantitative estimate of drug-likeness (QED) is 0.888. The maximum absolute atomic E-state index is 12.1. The van der Waals surface area contributed by atoms with E-state index in [0.29, 0.717) is 18.2 Å². The molecule has 0 saturated heterocycles. The van der Waals surface area contributed by atoms with Gasteiger partial charge in [0, 0.05) is 37.3 Å². The Hall–Kier alpha value is -2.11. The molecule has 6 heteroatoms. The Kier molecular flexibility index (Phi) is 2.62. The summed E-state index contributed by atoms with van der Waals surface area (Å²) < 4.78 is 5.18. The molecule has 1 fully saturated rings. The maximum atomic E-state index is 12.1. The zero-order chi connectivity index (χ0) is 12.5. The summed E-state index contributed by atoms with van der Waals surface area (Å²) >= 11 is 0. The van der Waals surface area contributed by atoms with Crippen molar-refractivity contribution in [1.29, 1.82) is 0 Å². The molecule has 0 unspecified atom stereocenters. The lowest BCUT2D eigenvalue weighted by Crippen LogP contribution is -2.26. The number of nitrogens with one attached hydrogen (secondary N) is 1. The van der Waals surface area contributed by atoms with Crippen molar-refractivity contribution in [3.05, 3.63) is 35.5 Å². The van der Waals surface area contributed by atoms with Crippen molar-refractivity contribution in [2.24, 2.45) is 0 Å². The minimum atomic E-state index is -0.133. The summed E-state index contributed by atoms with van der Waals surface area (Å²) in [5.74, 6) is 1.17. The normalized spacial score (nSPS) is 14.7. The number of rotatable bonds is 4. The first-order chi connectivity index (χ1) is 8.74. The van der Waals surface area contributed by atoms with Gasteiger partial charge in [-0.3, -0.25) is 9.89 Å². The zero-order valence-electron chi connectivity index (χ0n) is 10.1. The molecule has 1 N–H and O–H groups in total. The van der Waals surface area contributed by atoms with Crippen LogP contribution in [0.4, 0.5) is 0 Å². The SMILES string of the molecule is CN(Cc1cn[nH]c1)C(=O)c1cc(C2CC2)on1. The first-order valence-corrected chi connectivity index (χ1v) is 5.94. The number of carbonyl (C=O) groups is 1. The number of carbonyl (C=O) groups excluding carboxylic acids is 1. The third-order valence-corrected chi connectivity index (χ3v) is 3.05. The molecule has 2 aromatic heterocycles. The van der Waals surface area contributed by atoms with E-state index in [4.69, 9.17) is 4.52 Å². The third-order valence-electron chi connectivity index (χ3n) is 3.05. The Bertz CT molecular complexity index is 542. The van der Waals surface area contributed by atoms with Crippen molar-refractivity contribution >= 4 is 5.91 Å². The fourth-order valence-electron chi connectivity index (χ4n) is 1.86. The smallest absolute Gasteiger partial charge is 0.276 e. The van der Waals surface area contributed by atoms with E-state index >= 15 is 0 Å². The second-order valence-corrected chi connectivity index (χ2v) is 4.66. The molecule has 0 spiro atoms. The van der Waals surface area contributed by atoms with Gasteiger partial charge in [-0.25, -0.2) is 0 Å². The summed E-state index contributed by atoms with van der Waals surface area (Å²) in [5.41, 5.74) is 1.33. The molecule has 2 heterocycles. The largest absolute Gasteiger partial charge is 0.360 e. The van der Waals surface area contributed by atoms with Crippen LogP contribution in [-0.2, 0) is 6.54 Å². The minimum absolute atomic E-state index is 0.133. The van der Waals surface area contributed by atoms with E-state index in [0.717, 1.165) is 24.2 Å². The van der Waals surface area contributed by atoms with E-state index in [9.17, 15) is 4.79 Å². The molecule has 1 aliphatic rings. The summed E-state index contributed by atoms with van der Waals surface area (Å²) in [5, 5.41) is 10.4. The fourth-order valence-corrected chi connectivity index (χ4v) is 1.86. The van der Waals surface area contributed by atoms with Gasteiger partial charge in [0.1, 0.15) is 5.76 Å². The number of hydrogen-bond acceptors (Lipinski definition) is 4. The highest BCUT2D eigenvalue weighted by Gasteiger charge is 2.29. The lowest BCUT2D eigenvalue weighted by molar-refractivity contribution is 0.0774. The molecule has 1 aliphatic carbocycles. The van der Waals surface area contributed by atoms with Gasteiger partial charge < -0.3 is 9.42 Å². The van der Waals surface area contributed by atoms with Gasteiger partial charge in [0.2, 0.25) is 0 Å². The molecule has 0 aromatic carbocycles. The number of aromatic amines is 1. The maximum Gasteiger partial charge on any atom is 0.276 e. The van der Waals surface area contributed by atoms with Gasteiger partial charge in [0.15, 0.2) is 5.69 Å². The van der Waals surface area contributed by atoms with Crippen LogP contribution in [0, 0.1) is 0 Å². The second-order valence-electron chi connectivity index (χ2n) is 4.66. The second kappa shape index (κ2) is 4.29. The van der Waals surface area contributed by atoms with Crippen LogP contribution in [0.1, 0.15) is 40.6 Å². The van der Waals surface area contributed by atoms with Crippen LogP contribution >= 0.6 is 0 Å². The summed E-state index contributed by atoms with van der Waals surface area (Å²) in [6.45, 7) is 0.501. The average Bonchev–Trinajstić information content (AvgIpc) is 2.91. The number of amides is 1. The summed E-state index contributed by atoms with van der Waals surface area (Å²) in [4.78, 5) is 13.7. The number of H-pyrrole nitrogens is 1. The van der Waals surface area contributed by atoms with Crippen molar-refractivity contribution in [3.8, 4) is 0 Å². The molecule has 1 amide bonds. The monoisotopic (exact) mass is 246 g/mol. The highest BCUT2D eigenvalue weighted by atomic mass is 16.5. The first-order valence-electron chi connectivity index (χ1n) is 5.94. The van der Waals surface area contributed by atoms with E-state index in [2.05, 4.69) is 15.4 Å². The van der Waals surface area contributed by atoms with Crippen molar-refractivity contribution in [2.45, 2.75) is 25.3 Å². The third kappa shape index (κ3) is 2.13. The first kappa shape index (κ1) is 11.0. The van der Waals surface area contributed by atoms with Crippen LogP contribution < -0.4 is 0 Å². The predicted octanol–water partition coefficient (Wildman–Crippen LogP) is 1.55. The molecule has 18 heavy (non-hydrogen) atoms. The van der Waals surface area contributed by atoms with Gasteiger partial charge in [-0.15, -0.1) is 0 Å². The summed E-state index contributed by atoms with van der Waals surface area (Å²) in [6.07, 6.45) is 5.73. The van der Waals surface area contributed by atoms with Gasteiger partial charge in [0.05, 0.1) is 6.20 Å². The standard InChI is InChI=1S/C12H14N4O2/c1-16(7-8-5-13-14-6-8)12(17)10-4-11(18-15-10)9-2-3-9/h4-6,9H,2-3,7H2,1H3,(H,13,14). The molecule has 3 rings (SSSR count). The molecule has 0 atom stereocenters. The molecular formula is C12H14N4O2. The molecule has 2 aromatic rings. The summed E-state index contributed by atoms with van der Waals surface area (Å²) in [6, 6.07) is 1.76. The Balaban J connectivity index is 1.68. The molecular weight excluding hydrogens is 232 g/mol. The van der Waals surface area contributed by atoms with Gasteiger partial charge in [-0.2, -0.15) is 5.10 Å². The van der Waals surface area contributed by atoms with Gasteiger partial charge in [-0.05, 0) is 12.8 Å². The van der Waals surface area contributed by atoms with Crippen molar-refractivity contribution in [2.75, 3.05) is 7.05 Å². The van der Waals surface area contributed by atoms with Crippen LogP contribution in [0.5, 0.6) is 0 Å². The van der Waals surface area contributed by atoms with Crippen LogP contribution in [0.2, 0.25) is 0 Å². The molecule has 0 radical (unpaired) electrons. The minimum Gasteiger partial charge on any atom is -0.360 e. The van der Waals surface area contributed by atoms with Gasteiger partial charge in [0.25, 0.3) is 5.91 Å². The predicted molar refractivity (Wildman–Crippen MR) is 62.9 cm³/mol. The summed E-state index contributed by atoms with van der Waals surface area (Å²) in [7, 11) is 1.74. The van der Waals surface area contributed by atoms with Crippen LogP contribution in [0.3, 0.4) is 0 Å². The fraction of sp³-hybridized carbons (Fsp3) is 0.417. The Labute approximate surface area is 104 Å². The number of nitrogens with zero attached hydrogens (tertiary/aromatic N) is 3. The molecule has 6 nitrogen and oxygen atoms in total.